The quantitative estimate of drug-likeness (QED) is 0.450. The first-order valence-electron chi connectivity index (χ1n) is 8.67. The van der Waals surface area contributed by atoms with Crippen molar-refractivity contribution in [3.05, 3.63) is 82.1 Å². The maximum atomic E-state index is 12.5. The second-order valence-corrected chi connectivity index (χ2v) is 7.51. The molecule has 2 aromatic carbocycles. The van der Waals surface area contributed by atoms with Gasteiger partial charge in [0.05, 0.1) is 18.3 Å². The van der Waals surface area contributed by atoms with Crippen LogP contribution >= 0.6 is 23.4 Å². The minimum Gasteiger partial charge on any atom is -0.497 e. The van der Waals surface area contributed by atoms with Crippen molar-refractivity contribution >= 4 is 29.3 Å². The van der Waals surface area contributed by atoms with E-state index in [4.69, 9.17) is 16.3 Å². The summed E-state index contributed by atoms with van der Waals surface area (Å²) in [6, 6.07) is 15.7. The standard InChI is InChI=1S/C21H20ClN3O2S/c1-14-4-3-5-16(10-14)13-28-21-24-12-18(22)19(25-21)20(26)23-11-15-6-8-17(27-2)9-7-15/h3-10,12H,11,13H2,1-2H3,(H,23,26). The van der Waals surface area contributed by atoms with Crippen molar-refractivity contribution in [2.45, 2.75) is 24.4 Å². The van der Waals surface area contributed by atoms with Crippen LogP contribution in [0.5, 0.6) is 5.75 Å². The van der Waals surface area contributed by atoms with Crippen LogP contribution in [0.3, 0.4) is 0 Å². The summed E-state index contributed by atoms with van der Waals surface area (Å²) in [5, 5.41) is 3.58. The number of nitrogens with one attached hydrogen (secondary N) is 1. The Morgan fingerprint density at radius 1 is 1.18 bits per heavy atom. The molecule has 7 heteroatoms. The van der Waals surface area contributed by atoms with E-state index in [-0.39, 0.29) is 16.6 Å². The van der Waals surface area contributed by atoms with Crippen LogP contribution in [0, 0.1) is 6.92 Å². The highest BCUT2D eigenvalue weighted by molar-refractivity contribution is 7.98. The van der Waals surface area contributed by atoms with Gasteiger partial charge in [-0.25, -0.2) is 9.97 Å². The molecular formula is C21H20ClN3O2S. The van der Waals surface area contributed by atoms with Gasteiger partial charge in [0.2, 0.25) is 0 Å². The molecule has 0 fully saturated rings. The number of hydrogen-bond donors (Lipinski definition) is 1. The SMILES string of the molecule is COc1ccc(CNC(=O)c2nc(SCc3cccc(C)c3)ncc2Cl)cc1. The molecule has 0 saturated carbocycles. The lowest BCUT2D eigenvalue weighted by Gasteiger charge is -2.08. The monoisotopic (exact) mass is 413 g/mol. The molecule has 1 heterocycles. The van der Waals surface area contributed by atoms with E-state index in [1.807, 2.05) is 30.3 Å². The topological polar surface area (TPSA) is 64.1 Å². The van der Waals surface area contributed by atoms with Crippen LogP contribution in [0.4, 0.5) is 0 Å². The Morgan fingerprint density at radius 3 is 2.68 bits per heavy atom. The zero-order valence-corrected chi connectivity index (χ0v) is 17.2. The molecule has 0 radical (unpaired) electrons. The first-order valence-corrected chi connectivity index (χ1v) is 10.0. The predicted molar refractivity (Wildman–Crippen MR) is 112 cm³/mol. The Morgan fingerprint density at radius 2 is 1.96 bits per heavy atom. The van der Waals surface area contributed by atoms with Gasteiger partial charge in [-0.05, 0) is 30.2 Å². The number of aromatic nitrogens is 2. The summed E-state index contributed by atoms with van der Waals surface area (Å²) in [6.07, 6.45) is 1.47. The van der Waals surface area contributed by atoms with Gasteiger partial charge in [0.25, 0.3) is 5.91 Å². The van der Waals surface area contributed by atoms with Gasteiger partial charge in [-0.3, -0.25) is 4.79 Å². The molecule has 5 nitrogen and oxygen atoms in total. The Labute approximate surface area is 173 Å². The second kappa shape index (κ2) is 9.57. The fourth-order valence-corrected chi connectivity index (χ4v) is 3.47. The van der Waals surface area contributed by atoms with Gasteiger partial charge in [-0.15, -0.1) is 0 Å². The Hall–Kier alpha value is -2.57. The van der Waals surface area contributed by atoms with Gasteiger partial charge >= 0.3 is 0 Å². The lowest BCUT2D eigenvalue weighted by Crippen LogP contribution is -2.24. The molecule has 144 valence electrons. The molecule has 0 aliphatic rings. The number of carbonyl (C=O) groups is 1. The van der Waals surface area contributed by atoms with Crippen LogP contribution in [0.25, 0.3) is 0 Å². The fraction of sp³-hybridized carbons (Fsp3) is 0.190. The summed E-state index contributed by atoms with van der Waals surface area (Å²) in [4.78, 5) is 21.1. The average molecular weight is 414 g/mol. The third kappa shape index (κ3) is 5.47. The lowest BCUT2D eigenvalue weighted by molar-refractivity contribution is 0.0945. The van der Waals surface area contributed by atoms with E-state index in [0.717, 1.165) is 17.1 Å². The zero-order chi connectivity index (χ0) is 19.9. The fourth-order valence-electron chi connectivity index (χ4n) is 2.54. The number of ether oxygens (including phenoxy) is 1. The highest BCUT2D eigenvalue weighted by atomic mass is 35.5. The molecule has 0 aliphatic carbocycles. The number of rotatable bonds is 7. The minimum absolute atomic E-state index is 0.178. The summed E-state index contributed by atoms with van der Waals surface area (Å²) in [6.45, 7) is 2.42. The van der Waals surface area contributed by atoms with Crippen LogP contribution in [0.15, 0.2) is 59.9 Å². The average Bonchev–Trinajstić information content (AvgIpc) is 2.72. The van der Waals surface area contributed by atoms with E-state index in [9.17, 15) is 4.79 Å². The summed E-state index contributed by atoms with van der Waals surface area (Å²) in [7, 11) is 1.61. The van der Waals surface area contributed by atoms with E-state index in [0.29, 0.717) is 11.7 Å². The number of methoxy groups -OCH3 is 1. The summed E-state index contributed by atoms with van der Waals surface area (Å²) in [5.74, 6) is 1.15. The van der Waals surface area contributed by atoms with Crippen LogP contribution < -0.4 is 10.1 Å². The van der Waals surface area contributed by atoms with Crippen molar-refractivity contribution in [1.82, 2.24) is 15.3 Å². The Balaban J connectivity index is 1.63. The van der Waals surface area contributed by atoms with E-state index in [1.165, 1.54) is 29.1 Å². The highest BCUT2D eigenvalue weighted by Gasteiger charge is 2.14. The van der Waals surface area contributed by atoms with Gasteiger partial charge in [-0.1, -0.05) is 65.3 Å². The van der Waals surface area contributed by atoms with Gasteiger partial charge < -0.3 is 10.1 Å². The van der Waals surface area contributed by atoms with Gasteiger partial charge in [-0.2, -0.15) is 0 Å². The molecule has 0 unspecified atom stereocenters. The van der Waals surface area contributed by atoms with Gasteiger partial charge in [0, 0.05) is 12.3 Å². The molecule has 1 aromatic heterocycles. The minimum atomic E-state index is -0.333. The molecule has 3 aromatic rings. The number of benzene rings is 2. The van der Waals surface area contributed by atoms with Crippen molar-refractivity contribution in [3.8, 4) is 5.75 Å². The largest absolute Gasteiger partial charge is 0.497 e. The molecule has 0 atom stereocenters. The second-order valence-electron chi connectivity index (χ2n) is 6.16. The number of hydrogen-bond acceptors (Lipinski definition) is 5. The van der Waals surface area contributed by atoms with Crippen LogP contribution in [-0.2, 0) is 12.3 Å². The van der Waals surface area contributed by atoms with Crippen molar-refractivity contribution < 1.29 is 9.53 Å². The summed E-state index contributed by atoms with van der Waals surface area (Å²) in [5.41, 5.74) is 3.51. The third-order valence-electron chi connectivity index (χ3n) is 4.00. The third-order valence-corrected chi connectivity index (χ3v) is 5.21. The van der Waals surface area contributed by atoms with Crippen molar-refractivity contribution in [2.24, 2.45) is 0 Å². The van der Waals surface area contributed by atoms with E-state index in [1.54, 1.807) is 7.11 Å². The van der Waals surface area contributed by atoms with Crippen molar-refractivity contribution in [2.75, 3.05) is 7.11 Å². The van der Waals surface area contributed by atoms with Crippen LogP contribution in [0.2, 0.25) is 5.02 Å². The van der Waals surface area contributed by atoms with E-state index in [2.05, 4.69) is 40.4 Å². The van der Waals surface area contributed by atoms with Crippen LogP contribution in [0.1, 0.15) is 27.2 Å². The number of halogens is 1. The summed E-state index contributed by atoms with van der Waals surface area (Å²) < 4.78 is 5.13. The maximum Gasteiger partial charge on any atom is 0.271 e. The van der Waals surface area contributed by atoms with E-state index >= 15 is 0 Å². The molecule has 1 amide bonds. The summed E-state index contributed by atoms with van der Waals surface area (Å²) >= 11 is 7.61. The number of aryl methyl sites for hydroxylation is 1. The number of amides is 1. The van der Waals surface area contributed by atoms with Gasteiger partial charge in [0.1, 0.15) is 5.75 Å². The Kier molecular flexibility index (Phi) is 6.90. The highest BCUT2D eigenvalue weighted by Crippen LogP contribution is 2.22. The first kappa shape index (κ1) is 20.2. The first-order chi connectivity index (χ1) is 13.5. The van der Waals surface area contributed by atoms with Crippen molar-refractivity contribution in [3.63, 3.8) is 0 Å². The van der Waals surface area contributed by atoms with Crippen LogP contribution in [-0.4, -0.2) is 23.0 Å². The zero-order valence-electron chi connectivity index (χ0n) is 15.6. The molecule has 0 saturated heterocycles. The van der Waals surface area contributed by atoms with E-state index < -0.39 is 0 Å². The smallest absolute Gasteiger partial charge is 0.271 e. The molecule has 0 spiro atoms. The maximum absolute atomic E-state index is 12.5. The normalized spacial score (nSPS) is 10.5. The number of carbonyl (C=O) groups excluding carboxylic acids is 1. The molecule has 1 N–H and O–H groups in total. The molecule has 0 bridgehead atoms. The molecule has 0 aliphatic heterocycles. The van der Waals surface area contributed by atoms with Gasteiger partial charge in [0.15, 0.2) is 10.9 Å². The Bertz CT molecular complexity index is 964. The molecular weight excluding hydrogens is 394 g/mol. The van der Waals surface area contributed by atoms with Crippen molar-refractivity contribution in [1.29, 1.82) is 0 Å². The molecule has 28 heavy (non-hydrogen) atoms. The lowest BCUT2D eigenvalue weighted by atomic mass is 10.2. The number of thioether (sulfide) groups is 1. The predicted octanol–water partition coefficient (Wildman–Crippen LogP) is 4.67. The molecule has 3 rings (SSSR count). The number of nitrogens with zero attached hydrogens (tertiary/aromatic N) is 2.